The molecule has 3 N–H and O–H groups in total. The van der Waals surface area contributed by atoms with E-state index in [4.69, 9.17) is 5.73 Å². The molecule has 1 amide bonds. The molecule has 0 radical (unpaired) electrons. The summed E-state index contributed by atoms with van der Waals surface area (Å²) in [6.45, 7) is 0. The van der Waals surface area contributed by atoms with Gasteiger partial charge in [-0.05, 0) is 6.42 Å². The number of rotatable bonds is 3. The first-order valence-electron chi connectivity index (χ1n) is 3.76. The Morgan fingerprint density at radius 2 is 2.14 bits per heavy atom. The fourth-order valence-electron chi connectivity index (χ4n) is 1.14. The maximum atomic E-state index is 12.1. The van der Waals surface area contributed by atoms with Crippen molar-refractivity contribution in [1.82, 2.24) is 4.72 Å². The largest absolute Gasteiger partial charge is 0.317 e. The predicted molar refractivity (Wildman–Crippen MR) is 44.0 cm³/mol. The fourth-order valence-corrected chi connectivity index (χ4v) is 1.67. The van der Waals surface area contributed by atoms with Crippen molar-refractivity contribution in [2.24, 2.45) is 11.7 Å². The smallest absolute Gasteiger partial charge is 0.254 e. The highest BCUT2D eigenvalue weighted by Crippen LogP contribution is 2.45. The number of halogens is 2. The topological polar surface area (TPSA) is 89.3 Å². The van der Waals surface area contributed by atoms with Crippen LogP contribution in [0.1, 0.15) is 6.42 Å². The van der Waals surface area contributed by atoms with Crippen LogP contribution in [0, 0.1) is 5.92 Å². The van der Waals surface area contributed by atoms with Gasteiger partial charge in [-0.3, -0.25) is 9.52 Å². The van der Waals surface area contributed by atoms with Crippen molar-refractivity contribution in [3.8, 4) is 0 Å². The number of hydrogen-bond donors (Lipinski definition) is 2. The van der Waals surface area contributed by atoms with Crippen LogP contribution in [-0.2, 0) is 14.8 Å². The molecule has 1 fully saturated rings. The second kappa shape index (κ2) is 3.13. The lowest BCUT2D eigenvalue weighted by Gasteiger charge is -2.10. The van der Waals surface area contributed by atoms with Gasteiger partial charge in [0.05, 0.1) is 6.26 Å². The highest BCUT2D eigenvalue weighted by atomic mass is 32.2. The van der Waals surface area contributed by atoms with Gasteiger partial charge in [0.1, 0.15) is 5.54 Å². The molecule has 82 valence electrons. The Bertz CT molecular complexity index is 356. The van der Waals surface area contributed by atoms with Gasteiger partial charge in [-0.15, -0.1) is 0 Å². The van der Waals surface area contributed by atoms with E-state index in [1.54, 1.807) is 4.72 Å². The molecule has 0 unspecified atom stereocenters. The van der Waals surface area contributed by atoms with Gasteiger partial charge < -0.3 is 5.73 Å². The van der Waals surface area contributed by atoms with E-state index in [0.717, 1.165) is 6.26 Å². The van der Waals surface area contributed by atoms with Gasteiger partial charge in [0, 0.05) is 5.92 Å². The van der Waals surface area contributed by atoms with Gasteiger partial charge in [-0.2, -0.15) is 0 Å². The Morgan fingerprint density at radius 1 is 1.64 bits per heavy atom. The zero-order valence-electron chi connectivity index (χ0n) is 7.33. The Balaban J connectivity index is 2.65. The number of nitrogens with one attached hydrogen (secondary N) is 1. The third-order valence-corrected chi connectivity index (χ3v) is 2.62. The minimum atomic E-state index is -3.74. The van der Waals surface area contributed by atoms with E-state index in [2.05, 4.69) is 0 Å². The summed E-state index contributed by atoms with van der Waals surface area (Å²) in [5, 5.41) is 0. The predicted octanol–water partition coefficient (Wildman–Crippen LogP) is -0.955. The first-order chi connectivity index (χ1) is 6.17. The number of hydrogen-bond acceptors (Lipinski definition) is 4. The van der Waals surface area contributed by atoms with Crippen molar-refractivity contribution in [3.05, 3.63) is 0 Å². The maximum Gasteiger partial charge on any atom is 0.254 e. The van der Waals surface area contributed by atoms with Crippen LogP contribution in [0.25, 0.3) is 0 Å². The summed E-state index contributed by atoms with van der Waals surface area (Å²) in [5.74, 6) is -2.31. The van der Waals surface area contributed by atoms with E-state index in [9.17, 15) is 22.0 Å². The maximum absolute atomic E-state index is 12.1. The van der Waals surface area contributed by atoms with Crippen LogP contribution in [0.5, 0.6) is 0 Å². The van der Waals surface area contributed by atoms with Crippen LogP contribution in [0.2, 0.25) is 0 Å². The summed E-state index contributed by atoms with van der Waals surface area (Å²) in [7, 11) is -3.74. The molecule has 0 bridgehead atoms. The Morgan fingerprint density at radius 3 is 2.43 bits per heavy atom. The van der Waals surface area contributed by atoms with E-state index >= 15 is 0 Å². The van der Waals surface area contributed by atoms with E-state index in [-0.39, 0.29) is 6.42 Å². The average Bonchev–Trinajstić information content (AvgIpc) is 2.60. The lowest BCUT2D eigenvalue weighted by Crippen LogP contribution is -2.47. The van der Waals surface area contributed by atoms with Gasteiger partial charge in [0.25, 0.3) is 5.91 Å². The Labute approximate surface area is 79.7 Å². The average molecular weight is 228 g/mol. The molecule has 1 aliphatic rings. The molecule has 2 atom stereocenters. The summed E-state index contributed by atoms with van der Waals surface area (Å²) in [6.07, 6.45) is -2.13. The van der Waals surface area contributed by atoms with Gasteiger partial charge >= 0.3 is 0 Å². The summed E-state index contributed by atoms with van der Waals surface area (Å²) >= 11 is 0. The molecule has 1 aliphatic carbocycles. The van der Waals surface area contributed by atoms with Crippen LogP contribution in [0.4, 0.5) is 8.78 Å². The molecular formula is C6H10F2N2O3S. The van der Waals surface area contributed by atoms with Gasteiger partial charge in [0.2, 0.25) is 16.4 Å². The molecule has 8 heteroatoms. The zero-order chi connectivity index (χ0) is 11.1. The molecule has 1 rings (SSSR count). The molecule has 0 aromatic carbocycles. The number of carbonyl (C=O) groups is 1. The summed E-state index contributed by atoms with van der Waals surface area (Å²) in [6, 6.07) is 0. The SMILES string of the molecule is CS(=O)(=O)NC(=O)[C@@]1(N)C[C@H]1C(F)F. The van der Waals surface area contributed by atoms with Crippen molar-refractivity contribution in [3.63, 3.8) is 0 Å². The van der Waals surface area contributed by atoms with Gasteiger partial charge in [0.15, 0.2) is 0 Å². The number of carbonyl (C=O) groups excluding carboxylic acids is 1. The first kappa shape index (κ1) is 11.3. The third-order valence-electron chi connectivity index (χ3n) is 2.06. The number of nitrogens with two attached hydrogens (primary N) is 1. The minimum absolute atomic E-state index is 0.188. The fraction of sp³-hybridized carbons (Fsp3) is 0.833. The lowest BCUT2D eigenvalue weighted by molar-refractivity contribution is -0.122. The Hall–Kier alpha value is -0.760. The molecule has 0 saturated heterocycles. The molecular weight excluding hydrogens is 218 g/mol. The molecule has 1 saturated carbocycles. The first-order valence-corrected chi connectivity index (χ1v) is 5.65. The van der Waals surface area contributed by atoms with E-state index in [1.807, 2.05) is 0 Å². The van der Waals surface area contributed by atoms with Crippen LogP contribution < -0.4 is 10.5 Å². The van der Waals surface area contributed by atoms with Gasteiger partial charge in [-0.1, -0.05) is 0 Å². The summed E-state index contributed by atoms with van der Waals surface area (Å²) < 4.78 is 47.0. The molecule has 0 heterocycles. The van der Waals surface area contributed by atoms with Crippen molar-refractivity contribution in [1.29, 1.82) is 0 Å². The van der Waals surface area contributed by atoms with Gasteiger partial charge in [-0.25, -0.2) is 17.2 Å². The van der Waals surface area contributed by atoms with Crippen LogP contribution in [0.15, 0.2) is 0 Å². The second-order valence-electron chi connectivity index (χ2n) is 3.39. The number of sulfonamides is 1. The monoisotopic (exact) mass is 228 g/mol. The zero-order valence-corrected chi connectivity index (χ0v) is 8.14. The van der Waals surface area contributed by atoms with E-state index in [1.165, 1.54) is 0 Å². The third kappa shape index (κ3) is 2.18. The highest BCUT2D eigenvalue weighted by molar-refractivity contribution is 7.89. The number of amides is 1. The molecule has 0 aromatic rings. The standard InChI is InChI=1S/C6H10F2N2O3S/c1-14(12,13)10-5(11)6(9)2-3(6)4(7)8/h3-4H,2,9H2,1H3,(H,10,11)/t3-,6+/m0/s1. The minimum Gasteiger partial charge on any atom is -0.317 e. The van der Waals surface area contributed by atoms with E-state index in [0.29, 0.717) is 0 Å². The van der Waals surface area contributed by atoms with Crippen LogP contribution in [0.3, 0.4) is 0 Å². The summed E-state index contributed by atoms with van der Waals surface area (Å²) in [5.41, 5.74) is 3.56. The molecule has 0 aromatic heterocycles. The molecule has 5 nitrogen and oxygen atoms in total. The quantitative estimate of drug-likeness (QED) is 0.651. The van der Waals surface area contributed by atoms with Crippen molar-refractivity contribution in [2.75, 3.05) is 6.26 Å². The highest BCUT2D eigenvalue weighted by Gasteiger charge is 2.62. The normalized spacial score (nSPS) is 31.6. The van der Waals surface area contributed by atoms with Crippen molar-refractivity contribution in [2.45, 2.75) is 18.4 Å². The van der Waals surface area contributed by atoms with Crippen LogP contribution >= 0.6 is 0 Å². The second-order valence-corrected chi connectivity index (χ2v) is 5.14. The molecule has 0 aliphatic heterocycles. The van der Waals surface area contributed by atoms with E-state index < -0.39 is 33.8 Å². The number of alkyl halides is 2. The Kier molecular flexibility index (Phi) is 2.53. The van der Waals surface area contributed by atoms with Crippen molar-refractivity contribution < 1.29 is 22.0 Å². The van der Waals surface area contributed by atoms with Crippen molar-refractivity contribution >= 4 is 15.9 Å². The van der Waals surface area contributed by atoms with Crippen LogP contribution in [-0.4, -0.2) is 32.5 Å². The lowest BCUT2D eigenvalue weighted by atomic mass is 10.2. The molecule has 0 spiro atoms. The molecule has 14 heavy (non-hydrogen) atoms. The summed E-state index contributed by atoms with van der Waals surface area (Å²) in [4.78, 5) is 11.1.